The number of nitrogens with one attached hydrogen (secondary N) is 1. The second-order valence-electron chi connectivity index (χ2n) is 5.94. The maximum Gasteiger partial charge on any atom is 0.223 e. The van der Waals surface area contributed by atoms with E-state index in [0.717, 1.165) is 19.4 Å². The molecule has 0 atom stereocenters. The van der Waals surface area contributed by atoms with Crippen LogP contribution in [0.4, 0.5) is 0 Å². The molecular formula is C14H23N3O. The van der Waals surface area contributed by atoms with Crippen LogP contribution in [0.5, 0.6) is 0 Å². The number of hydrogen-bond donors (Lipinski definition) is 2. The van der Waals surface area contributed by atoms with Gasteiger partial charge in [0, 0.05) is 12.5 Å². The second-order valence-corrected chi connectivity index (χ2v) is 5.94. The Morgan fingerprint density at radius 1 is 1.28 bits per heavy atom. The molecule has 0 unspecified atom stereocenters. The Morgan fingerprint density at radius 3 is 2.44 bits per heavy atom. The average molecular weight is 249 g/mol. The molecule has 0 aliphatic heterocycles. The summed E-state index contributed by atoms with van der Waals surface area (Å²) in [7, 11) is 0. The molecule has 0 aromatic carbocycles. The molecule has 0 spiro atoms. The zero-order valence-corrected chi connectivity index (χ0v) is 11.0. The first-order valence-electron chi connectivity index (χ1n) is 7.11. The van der Waals surface area contributed by atoms with E-state index >= 15 is 0 Å². The van der Waals surface area contributed by atoms with Crippen molar-refractivity contribution in [3.05, 3.63) is 0 Å². The SMILES string of the molecule is N#CC1(N)CCC(C(=O)NCC2CCCC2)CC1. The molecule has 4 nitrogen and oxygen atoms in total. The minimum absolute atomic E-state index is 0.0661. The summed E-state index contributed by atoms with van der Waals surface area (Å²) >= 11 is 0. The van der Waals surface area contributed by atoms with Crippen LogP contribution in [-0.2, 0) is 4.79 Å². The van der Waals surface area contributed by atoms with Gasteiger partial charge >= 0.3 is 0 Å². The van der Waals surface area contributed by atoms with Crippen LogP contribution in [-0.4, -0.2) is 18.0 Å². The number of carbonyl (C=O) groups excluding carboxylic acids is 1. The molecule has 100 valence electrons. The van der Waals surface area contributed by atoms with Crippen LogP contribution in [0, 0.1) is 23.2 Å². The molecule has 0 heterocycles. The first-order valence-corrected chi connectivity index (χ1v) is 7.11. The Kier molecular flexibility index (Phi) is 4.23. The number of nitriles is 1. The Labute approximate surface area is 109 Å². The minimum Gasteiger partial charge on any atom is -0.356 e. The predicted molar refractivity (Wildman–Crippen MR) is 69.5 cm³/mol. The Hall–Kier alpha value is -1.08. The van der Waals surface area contributed by atoms with Crippen molar-refractivity contribution in [1.82, 2.24) is 5.32 Å². The average Bonchev–Trinajstić information content (AvgIpc) is 2.90. The highest BCUT2D eigenvalue weighted by Crippen LogP contribution is 2.30. The molecule has 0 aromatic heterocycles. The van der Waals surface area contributed by atoms with E-state index in [9.17, 15) is 4.79 Å². The third-order valence-corrected chi connectivity index (χ3v) is 4.51. The van der Waals surface area contributed by atoms with Gasteiger partial charge in [0.2, 0.25) is 5.91 Å². The Bertz CT molecular complexity index is 333. The summed E-state index contributed by atoms with van der Waals surface area (Å²) in [5.41, 5.74) is 5.21. The standard InChI is InChI=1S/C14H23N3O/c15-10-14(16)7-5-12(6-8-14)13(18)17-9-11-3-1-2-4-11/h11-12H,1-9,16H2,(H,17,18). The number of nitrogens with zero attached hydrogens (tertiary/aromatic N) is 1. The third kappa shape index (κ3) is 3.23. The van der Waals surface area contributed by atoms with Crippen LogP contribution in [0.2, 0.25) is 0 Å². The van der Waals surface area contributed by atoms with Gasteiger partial charge in [-0.1, -0.05) is 12.8 Å². The lowest BCUT2D eigenvalue weighted by Gasteiger charge is -2.31. The van der Waals surface area contributed by atoms with Crippen LogP contribution in [0.1, 0.15) is 51.4 Å². The third-order valence-electron chi connectivity index (χ3n) is 4.51. The maximum atomic E-state index is 12.0. The number of nitrogens with two attached hydrogens (primary N) is 1. The number of rotatable bonds is 3. The van der Waals surface area contributed by atoms with Gasteiger partial charge in [0.25, 0.3) is 0 Å². The Balaban J connectivity index is 1.72. The number of carbonyl (C=O) groups is 1. The van der Waals surface area contributed by atoms with Crippen LogP contribution < -0.4 is 11.1 Å². The molecule has 3 N–H and O–H groups in total. The molecule has 0 radical (unpaired) electrons. The molecule has 4 heteroatoms. The summed E-state index contributed by atoms with van der Waals surface area (Å²) < 4.78 is 0. The van der Waals surface area contributed by atoms with Gasteiger partial charge in [-0.25, -0.2) is 0 Å². The van der Waals surface area contributed by atoms with E-state index in [1.165, 1.54) is 25.7 Å². The first kappa shape index (κ1) is 13.4. The highest BCUT2D eigenvalue weighted by atomic mass is 16.1. The summed E-state index contributed by atoms with van der Waals surface area (Å²) in [5.74, 6) is 0.920. The van der Waals surface area contributed by atoms with Crippen LogP contribution in [0.3, 0.4) is 0 Å². The fraction of sp³-hybridized carbons (Fsp3) is 0.857. The molecule has 2 rings (SSSR count). The molecule has 18 heavy (non-hydrogen) atoms. The van der Waals surface area contributed by atoms with Crippen molar-refractivity contribution in [3.8, 4) is 6.07 Å². The van der Waals surface area contributed by atoms with E-state index in [1.807, 2.05) is 0 Å². The Morgan fingerprint density at radius 2 is 1.89 bits per heavy atom. The zero-order chi connectivity index (χ0) is 13.0. The van der Waals surface area contributed by atoms with Crippen molar-refractivity contribution in [2.45, 2.75) is 56.9 Å². The monoisotopic (exact) mass is 249 g/mol. The van der Waals surface area contributed by atoms with Gasteiger partial charge in [-0.15, -0.1) is 0 Å². The van der Waals surface area contributed by atoms with Gasteiger partial charge in [-0.05, 0) is 44.4 Å². The van der Waals surface area contributed by atoms with E-state index in [4.69, 9.17) is 11.0 Å². The predicted octanol–water partition coefficient (Wildman–Crippen LogP) is 1.70. The molecule has 2 aliphatic carbocycles. The van der Waals surface area contributed by atoms with Crippen molar-refractivity contribution in [1.29, 1.82) is 5.26 Å². The van der Waals surface area contributed by atoms with E-state index in [0.29, 0.717) is 18.8 Å². The lowest BCUT2D eigenvalue weighted by Crippen LogP contribution is -2.45. The summed E-state index contributed by atoms with van der Waals surface area (Å²) in [4.78, 5) is 12.0. The highest BCUT2D eigenvalue weighted by molar-refractivity contribution is 5.78. The quantitative estimate of drug-likeness (QED) is 0.799. The summed E-state index contributed by atoms with van der Waals surface area (Å²) in [6.45, 7) is 0.835. The number of amides is 1. The van der Waals surface area contributed by atoms with E-state index < -0.39 is 5.54 Å². The minimum atomic E-state index is -0.692. The fourth-order valence-corrected chi connectivity index (χ4v) is 3.11. The number of hydrogen-bond acceptors (Lipinski definition) is 3. The lowest BCUT2D eigenvalue weighted by atomic mass is 9.77. The van der Waals surface area contributed by atoms with Crippen LogP contribution in [0.15, 0.2) is 0 Å². The van der Waals surface area contributed by atoms with Gasteiger partial charge in [0.05, 0.1) is 6.07 Å². The topological polar surface area (TPSA) is 78.9 Å². The van der Waals surface area contributed by atoms with E-state index in [1.54, 1.807) is 0 Å². The second kappa shape index (κ2) is 5.71. The van der Waals surface area contributed by atoms with Crippen molar-refractivity contribution in [2.75, 3.05) is 6.54 Å². The maximum absolute atomic E-state index is 12.0. The zero-order valence-electron chi connectivity index (χ0n) is 11.0. The van der Waals surface area contributed by atoms with Crippen molar-refractivity contribution < 1.29 is 4.79 Å². The molecule has 1 amide bonds. The smallest absolute Gasteiger partial charge is 0.223 e. The molecule has 0 bridgehead atoms. The van der Waals surface area contributed by atoms with Gasteiger partial charge < -0.3 is 11.1 Å². The molecule has 0 saturated heterocycles. The summed E-state index contributed by atoms with van der Waals surface area (Å²) in [5, 5.41) is 12.0. The van der Waals surface area contributed by atoms with Crippen LogP contribution >= 0.6 is 0 Å². The van der Waals surface area contributed by atoms with Crippen molar-refractivity contribution >= 4 is 5.91 Å². The van der Waals surface area contributed by atoms with Gasteiger partial charge in [0.1, 0.15) is 5.54 Å². The van der Waals surface area contributed by atoms with Crippen LogP contribution in [0.25, 0.3) is 0 Å². The first-order chi connectivity index (χ1) is 8.63. The largest absolute Gasteiger partial charge is 0.356 e. The molecule has 2 fully saturated rings. The molecular weight excluding hydrogens is 226 g/mol. The fourth-order valence-electron chi connectivity index (χ4n) is 3.11. The summed E-state index contributed by atoms with van der Waals surface area (Å²) in [6.07, 6.45) is 7.91. The molecule has 2 saturated carbocycles. The normalized spacial score (nSPS) is 33.0. The lowest BCUT2D eigenvalue weighted by molar-refractivity contribution is -0.126. The highest BCUT2D eigenvalue weighted by Gasteiger charge is 2.34. The molecule has 0 aromatic rings. The van der Waals surface area contributed by atoms with Crippen molar-refractivity contribution in [2.24, 2.45) is 17.6 Å². The summed E-state index contributed by atoms with van der Waals surface area (Å²) in [6, 6.07) is 2.16. The van der Waals surface area contributed by atoms with Gasteiger partial charge in [-0.2, -0.15) is 5.26 Å². The molecule has 2 aliphatic rings. The van der Waals surface area contributed by atoms with Gasteiger partial charge in [0.15, 0.2) is 0 Å². The van der Waals surface area contributed by atoms with E-state index in [2.05, 4.69) is 11.4 Å². The van der Waals surface area contributed by atoms with Crippen molar-refractivity contribution in [3.63, 3.8) is 0 Å². The van der Waals surface area contributed by atoms with Gasteiger partial charge in [-0.3, -0.25) is 4.79 Å². The van der Waals surface area contributed by atoms with E-state index in [-0.39, 0.29) is 11.8 Å².